The SMILES string of the molecule is Cc1ccc(/C=C2/N=C(CC(C)C)OC2=O)cc1. The van der Waals surface area contributed by atoms with Crippen LogP contribution in [-0.4, -0.2) is 11.9 Å². The van der Waals surface area contributed by atoms with Crippen LogP contribution in [-0.2, 0) is 9.53 Å². The molecule has 1 aliphatic heterocycles. The van der Waals surface area contributed by atoms with Gasteiger partial charge in [-0.05, 0) is 24.5 Å². The summed E-state index contributed by atoms with van der Waals surface area (Å²) in [5, 5.41) is 0. The van der Waals surface area contributed by atoms with Crippen molar-refractivity contribution in [2.24, 2.45) is 10.9 Å². The number of aryl methyl sites for hydroxylation is 1. The number of nitrogens with zero attached hydrogens (tertiary/aromatic N) is 1. The maximum absolute atomic E-state index is 11.6. The van der Waals surface area contributed by atoms with Crippen LogP contribution < -0.4 is 0 Å². The predicted octanol–water partition coefficient (Wildman–Crippen LogP) is 3.34. The molecule has 2 rings (SSSR count). The molecule has 94 valence electrons. The van der Waals surface area contributed by atoms with Gasteiger partial charge in [-0.1, -0.05) is 43.7 Å². The summed E-state index contributed by atoms with van der Waals surface area (Å²) in [5.74, 6) is 0.592. The molecule has 1 aromatic carbocycles. The number of hydrogen-bond donors (Lipinski definition) is 0. The van der Waals surface area contributed by atoms with E-state index < -0.39 is 0 Å². The number of aliphatic imine (C=N–C) groups is 1. The predicted molar refractivity (Wildman–Crippen MR) is 72.1 cm³/mol. The highest BCUT2D eigenvalue weighted by Crippen LogP contribution is 2.18. The molecule has 18 heavy (non-hydrogen) atoms. The quantitative estimate of drug-likeness (QED) is 0.603. The van der Waals surface area contributed by atoms with Crippen LogP contribution in [0, 0.1) is 12.8 Å². The number of benzene rings is 1. The van der Waals surface area contributed by atoms with E-state index in [0.717, 1.165) is 5.56 Å². The zero-order valence-electron chi connectivity index (χ0n) is 10.9. The largest absolute Gasteiger partial charge is 0.407 e. The number of esters is 1. The van der Waals surface area contributed by atoms with Crippen LogP contribution in [0.3, 0.4) is 0 Å². The molecule has 0 spiro atoms. The third-order valence-electron chi connectivity index (χ3n) is 2.63. The highest BCUT2D eigenvalue weighted by molar-refractivity contribution is 6.07. The average molecular weight is 243 g/mol. The van der Waals surface area contributed by atoms with Crippen molar-refractivity contribution in [3.8, 4) is 0 Å². The Bertz CT molecular complexity index is 510. The first-order valence-corrected chi connectivity index (χ1v) is 6.12. The summed E-state index contributed by atoms with van der Waals surface area (Å²) in [6.07, 6.45) is 2.45. The third kappa shape index (κ3) is 3.06. The molecule has 0 N–H and O–H groups in total. The molecular weight excluding hydrogens is 226 g/mol. The highest BCUT2D eigenvalue weighted by Gasteiger charge is 2.23. The van der Waals surface area contributed by atoms with Gasteiger partial charge in [0.1, 0.15) is 0 Å². The maximum atomic E-state index is 11.6. The number of rotatable bonds is 3. The van der Waals surface area contributed by atoms with Gasteiger partial charge in [-0.3, -0.25) is 0 Å². The summed E-state index contributed by atoms with van der Waals surface area (Å²) in [5.41, 5.74) is 2.53. The number of carbonyl (C=O) groups excluding carboxylic acids is 1. The summed E-state index contributed by atoms with van der Waals surface area (Å²) in [4.78, 5) is 15.9. The van der Waals surface area contributed by atoms with Crippen LogP contribution in [0.15, 0.2) is 35.0 Å². The van der Waals surface area contributed by atoms with E-state index in [9.17, 15) is 4.79 Å². The minimum Gasteiger partial charge on any atom is -0.407 e. The van der Waals surface area contributed by atoms with Gasteiger partial charge in [-0.15, -0.1) is 0 Å². The van der Waals surface area contributed by atoms with Crippen LogP contribution in [0.4, 0.5) is 0 Å². The van der Waals surface area contributed by atoms with Gasteiger partial charge in [0.2, 0.25) is 0 Å². The molecule has 0 atom stereocenters. The molecule has 3 heteroatoms. The summed E-state index contributed by atoms with van der Waals surface area (Å²) < 4.78 is 5.12. The first-order chi connectivity index (χ1) is 8.54. The van der Waals surface area contributed by atoms with Crippen LogP contribution in [0.25, 0.3) is 6.08 Å². The van der Waals surface area contributed by atoms with Crippen molar-refractivity contribution >= 4 is 17.9 Å². The van der Waals surface area contributed by atoms with Crippen LogP contribution >= 0.6 is 0 Å². The molecule has 1 aromatic rings. The van der Waals surface area contributed by atoms with Crippen molar-refractivity contribution in [1.82, 2.24) is 0 Å². The maximum Gasteiger partial charge on any atom is 0.363 e. The molecule has 0 unspecified atom stereocenters. The molecule has 3 nitrogen and oxygen atoms in total. The lowest BCUT2D eigenvalue weighted by Crippen LogP contribution is -2.06. The number of hydrogen-bond acceptors (Lipinski definition) is 3. The second-order valence-corrected chi connectivity index (χ2v) is 4.93. The van der Waals surface area contributed by atoms with Gasteiger partial charge in [0.05, 0.1) is 0 Å². The van der Waals surface area contributed by atoms with Crippen molar-refractivity contribution in [3.63, 3.8) is 0 Å². The molecule has 1 aliphatic rings. The lowest BCUT2D eigenvalue weighted by Gasteiger charge is -2.01. The molecule has 0 fully saturated rings. The normalized spacial score (nSPS) is 17.2. The zero-order valence-corrected chi connectivity index (χ0v) is 10.9. The van der Waals surface area contributed by atoms with E-state index in [1.54, 1.807) is 6.08 Å². The van der Waals surface area contributed by atoms with E-state index in [4.69, 9.17) is 4.74 Å². The van der Waals surface area contributed by atoms with Gasteiger partial charge in [0.15, 0.2) is 11.6 Å². The van der Waals surface area contributed by atoms with Crippen molar-refractivity contribution in [1.29, 1.82) is 0 Å². The van der Waals surface area contributed by atoms with Gasteiger partial charge in [-0.2, -0.15) is 0 Å². The first kappa shape index (κ1) is 12.6. The second kappa shape index (κ2) is 5.17. The molecule has 0 radical (unpaired) electrons. The minimum absolute atomic E-state index is 0.355. The van der Waals surface area contributed by atoms with Gasteiger partial charge in [0.25, 0.3) is 0 Å². The monoisotopic (exact) mass is 243 g/mol. The molecule has 1 heterocycles. The number of ether oxygens (including phenoxy) is 1. The van der Waals surface area contributed by atoms with Gasteiger partial charge >= 0.3 is 5.97 Å². The number of cyclic esters (lactones) is 1. The van der Waals surface area contributed by atoms with Crippen molar-refractivity contribution in [3.05, 3.63) is 41.1 Å². The minimum atomic E-state index is -0.355. The van der Waals surface area contributed by atoms with E-state index >= 15 is 0 Å². The average Bonchev–Trinajstić information content (AvgIpc) is 2.61. The van der Waals surface area contributed by atoms with E-state index in [-0.39, 0.29) is 5.97 Å². The third-order valence-corrected chi connectivity index (χ3v) is 2.63. The topological polar surface area (TPSA) is 38.7 Å². The van der Waals surface area contributed by atoms with Crippen LogP contribution in [0.5, 0.6) is 0 Å². The van der Waals surface area contributed by atoms with E-state index in [2.05, 4.69) is 18.8 Å². The fourth-order valence-corrected chi connectivity index (χ4v) is 1.71. The Labute approximate surface area is 107 Å². The Kier molecular flexibility index (Phi) is 3.60. The lowest BCUT2D eigenvalue weighted by molar-refractivity contribution is -0.130. The van der Waals surface area contributed by atoms with Gasteiger partial charge in [0, 0.05) is 6.42 Å². The Morgan fingerprint density at radius 2 is 1.94 bits per heavy atom. The Morgan fingerprint density at radius 1 is 1.28 bits per heavy atom. The summed E-state index contributed by atoms with van der Waals surface area (Å²) in [6.45, 7) is 6.16. The molecule has 0 saturated heterocycles. The van der Waals surface area contributed by atoms with Gasteiger partial charge in [-0.25, -0.2) is 9.79 Å². The Balaban J connectivity index is 2.20. The fourth-order valence-electron chi connectivity index (χ4n) is 1.71. The smallest absolute Gasteiger partial charge is 0.363 e. The Hall–Kier alpha value is -1.90. The molecular formula is C15H17NO2. The summed E-state index contributed by atoms with van der Waals surface area (Å²) in [6, 6.07) is 7.94. The molecule has 0 aromatic heterocycles. The Morgan fingerprint density at radius 3 is 2.56 bits per heavy atom. The molecule has 0 aliphatic carbocycles. The van der Waals surface area contributed by atoms with Gasteiger partial charge < -0.3 is 4.74 Å². The van der Waals surface area contributed by atoms with Crippen molar-refractivity contribution in [2.75, 3.05) is 0 Å². The second-order valence-electron chi connectivity index (χ2n) is 4.93. The van der Waals surface area contributed by atoms with Crippen molar-refractivity contribution < 1.29 is 9.53 Å². The fraction of sp³-hybridized carbons (Fsp3) is 0.333. The molecule has 0 amide bonds. The van der Waals surface area contributed by atoms with Crippen LogP contribution in [0.1, 0.15) is 31.4 Å². The van der Waals surface area contributed by atoms with Crippen LogP contribution in [0.2, 0.25) is 0 Å². The highest BCUT2D eigenvalue weighted by atomic mass is 16.6. The zero-order chi connectivity index (χ0) is 13.1. The summed E-state index contributed by atoms with van der Waals surface area (Å²) >= 11 is 0. The van der Waals surface area contributed by atoms with E-state index in [0.29, 0.717) is 23.9 Å². The number of carbonyl (C=O) groups is 1. The van der Waals surface area contributed by atoms with E-state index in [1.165, 1.54) is 5.56 Å². The standard InChI is InChI=1S/C15H17NO2/c1-10(2)8-14-16-13(15(17)18-14)9-12-6-4-11(3)5-7-12/h4-7,9-10H,8H2,1-3H3/b13-9+. The van der Waals surface area contributed by atoms with Crippen molar-refractivity contribution in [2.45, 2.75) is 27.2 Å². The summed E-state index contributed by atoms with van der Waals surface area (Å²) in [7, 11) is 0. The van der Waals surface area contributed by atoms with E-state index in [1.807, 2.05) is 31.2 Å². The first-order valence-electron chi connectivity index (χ1n) is 6.12. The lowest BCUT2D eigenvalue weighted by atomic mass is 10.1. The molecule has 0 bridgehead atoms. The molecule has 0 saturated carbocycles.